The van der Waals surface area contributed by atoms with Gasteiger partial charge in [0.05, 0.1) is 6.26 Å². The summed E-state index contributed by atoms with van der Waals surface area (Å²) in [5, 5.41) is 0.475. The third-order valence-corrected chi connectivity index (χ3v) is 4.46. The van der Waals surface area contributed by atoms with Crippen LogP contribution in [0.4, 0.5) is 0 Å². The lowest BCUT2D eigenvalue weighted by Gasteiger charge is -2.30. The molecule has 0 unspecified atom stereocenters. The summed E-state index contributed by atoms with van der Waals surface area (Å²) >= 11 is 5.95. The van der Waals surface area contributed by atoms with Crippen LogP contribution in [0.25, 0.3) is 0 Å². The standard InChI is InChI=1S/C11H15ClN2O3S/c1-18(15,16)14-7-4-9(5-8-14)17-11-10(12)3-2-6-13-11/h2-3,6,9H,4-5,7-8H2,1H3. The number of pyridine rings is 1. The van der Waals surface area contributed by atoms with Gasteiger partial charge in [-0.2, -0.15) is 0 Å². The molecule has 0 N–H and O–H groups in total. The highest BCUT2D eigenvalue weighted by Crippen LogP contribution is 2.24. The Balaban J connectivity index is 1.94. The van der Waals surface area contributed by atoms with E-state index < -0.39 is 10.0 Å². The molecule has 5 nitrogen and oxygen atoms in total. The fourth-order valence-electron chi connectivity index (χ4n) is 1.90. The van der Waals surface area contributed by atoms with E-state index in [9.17, 15) is 8.42 Å². The number of nitrogens with zero attached hydrogens (tertiary/aromatic N) is 2. The van der Waals surface area contributed by atoms with E-state index in [2.05, 4.69) is 4.98 Å². The van der Waals surface area contributed by atoms with Crippen molar-refractivity contribution in [2.75, 3.05) is 19.3 Å². The van der Waals surface area contributed by atoms with Crippen molar-refractivity contribution < 1.29 is 13.2 Å². The molecule has 0 aromatic carbocycles. The predicted octanol–water partition coefficient (Wildman–Crippen LogP) is 1.54. The van der Waals surface area contributed by atoms with Crippen molar-refractivity contribution in [3.8, 4) is 5.88 Å². The van der Waals surface area contributed by atoms with Crippen molar-refractivity contribution in [1.29, 1.82) is 0 Å². The monoisotopic (exact) mass is 290 g/mol. The second-order valence-corrected chi connectivity index (χ2v) is 6.66. The van der Waals surface area contributed by atoms with Gasteiger partial charge >= 0.3 is 0 Å². The average Bonchev–Trinajstić information content (AvgIpc) is 2.32. The normalized spacial score (nSPS) is 18.8. The summed E-state index contributed by atoms with van der Waals surface area (Å²) in [6.07, 6.45) is 4.12. The van der Waals surface area contributed by atoms with Crippen LogP contribution in [-0.4, -0.2) is 43.2 Å². The van der Waals surface area contributed by atoms with E-state index in [4.69, 9.17) is 16.3 Å². The van der Waals surface area contributed by atoms with Gasteiger partial charge in [-0.1, -0.05) is 11.6 Å². The summed E-state index contributed by atoms with van der Waals surface area (Å²) < 4.78 is 29.9. The number of aromatic nitrogens is 1. The molecule has 0 radical (unpaired) electrons. The highest BCUT2D eigenvalue weighted by Gasteiger charge is 2.26. The second kappa shape index (κ2) is 5.42. The topological polar surface area (TPSA) is 59.5 Å². The van der Waals surface area contributed by atoms with Crippen LogP contribution in [0.2, 0.25) is 5.02 Å². The van der Waals surface area contributed by atoms with E-state index in [1.165, 1.54) is 10.6 Å². The van der Waals surface area contributed by atoms with Crippen LogP contribution in [-0.2, 0) is 10.0 Å². The molecule has 1 aliphatic rings. The quantitative estimate of drug-likeness (QED) is 0.847. The zero-order chi connectivity index (χ0) is 13.2. The van der Waals surface area contributed by atoms with Crippen molar-refractivity contribution in [2.24, 2.45) is 0 Å². The molecule has 1 fully saturated rings. The molecule has 1 aromatic rings. The Bertz CT molecular complexity index is 513. The van der Waals surface area contributed by atoms with Crippen LogP contribution >= 0.6 is 11.6 Å². The third-order valence-electron chi connectivity index (χ3n) is 2.87. The maximum atomic E-state index is 11.4. The largest absolute Gasteiger partial charge is 0.473 e. The number of sulfonamides is 1. The molecule has 100 valence electrons. The maximum Gasteiger partial charge on any atom is 0.232 e. The lowest BCUT2D eigenvalue weighted by Crippen LogP contribution is -2.41. The first kappa shape index (κ1) is 13.6. The van der Waals surface area contributed by atoms with Gasteiger partial charge < -0.3 is 4.74 Å². The average molecular weight is 291 g/mol. The summed E-state index contributed by atoms with van der Waals surface area (Å²) in [4.78, 5) is 4.05. The predicted molar refractivity (Wildman–Crippen MR) is 69.3 cm³/mol. The number of rotatable bonds is 3. The summed E-state index contributed by atoms with van der Waals surface area (Å²) in [5.74, 6) is 0.414. The van der Waals surface area contributed by atoms with Gasteiger partial charge in [-0.3, -0.25) is 0 Å². The first-order valence-electron chi connectivity index (χ1n) is 5.69. The van der Waals surface area contributed by atoms with E-state index in [0.29, 0.717) is 36.8 Å². The van der Waals surface area contributed by atoms with Crippen molar-refractivity contribution in [3.05, 3.63) is 23.4 Å². The fraction of sp³-hybridized carbons (Fsp3) is 0.545. The minimum atomic E-state index is -3.09. The van der Waals surface area contributed by atoms with Crippen molar-refractivity contribution in [3.63, 3.8) is 0 Å². The molecule has 2 heterocycles. The number of halogens is 1. The van der Waals surface area contributed by atoms with E-state index in [1.807, 2.05) is 0 Å². The number of hydrogen-bond donors (Lipinski definition) is 0. The van der Waals surface area contributed by atoms with Crippen LogP contribution in [0.3, 0.4) is 0 Å². The molecule has 2 rings (SSSR count). The molecule has 0 amide bonds. The Kier molecular flexibility index (Phi) is 4.09. The van der Waals surface area contributed by atoms with Gasteiger partial charge in [0.15, 0.2) is 0 Å². The molecule has 0 bridgehead atoms. The Labute approximate surface area is 112 Å². The van der Waals surface area contributed by atoms with Gasteiger partial charge in [-0.25, -0.2) is 17.7 Å². The molecular weight excluding hydrogens is 276 g/mol. The minimum Gasteiger partial charge on any atom is -0.473 e. The molecule has 0 spiro atoms. The molecule has 1 aromatic heterocycles. The van der Waals surface area contributed by atoms with E-state index in [0.717, 1.165) is 0 Å². The van der Waals surface area contributed by atoms with Gasteiger partial charge in [0.25, 0.3) is 0 Å². The van der Waals surface area contributed by atoms with E-state index in [1.54, 1.807) is 18.3 Å². The van der Waals surface area contributed by atoms with Crippen molar-refractivity contribution >= 4 is 21.6 Å². The Hall–Kier alpha value is -0.850. The van der Waals surface area contributed by atoms with Gasteiger partial charge in [-0.15, -0.1) is 0 Å². The van der Waals surface area contributed by atoms with Crippen molar-refractivity contribution in [1.82, 2.24) is 9.29 Å². The molecule has 0 atom stereocenters. The first-order chi connectivity index (χ1) is 8.47. The van der Waals surface area contributed by atoms with Gasteiger partial charge in [0.1, 0.15) is 11.1 Å². The molecule has 18 heavy (non-hydrogen) atoms. The zero-order valence-corrected chi connectivity index (χ0v) is 11.6. The summed E-state index contributed by atoms with van der Waals surface area (Å²) in [6, 6.07) is 3.46. The highest BCUT2D eigenvalue weighted by atomic mass is 35.5. The SMILES string of the molecule is CS(=O)(=O)N1CCC(Oc2ncccc2Cl)CC1. The second-order valence-electron chi connectivity index (χ2n) is 4.27. The van der Waals surface area contributed by atoms with Crippen LogP contribution in [0, 0.1) is 0 Å². The Morgan fingerprint density at radius 1 is 1.44 bits per heavy atom. The van der Waals surface area contributed by atoms with Gasteiger partial charge in [-0.05, 0) is 25.0 Å². The smallest absolute Gasteiger partial charge is 0.232 e. The highest BCUT2D eigenvalue weighted by molar-refractivity contribution is 7.88. The van der Waals surface area contributed by atoms with Crippen LogP contribution in [0.1, 0.15) is 12.8 Å². The molecule has 0 saturated carbocycles. The number of ether oxygens (including phenoxy) is 1. The van der Waals surface area contributed by atoms with E-state index in [-0.39, 0.29) is 6.10 Å². The molecule has 1 saturated heterocycles. The lowest BCUT2D eigenvalue weighted by molar-refractivity contribution is 0.130. The van der Waals surface area contributed by atoms with Gasteiger partial charge in [0.2, 0.25) is 15.9 Å². The first-order valence-corrected chi connectivity index (χ1v) is 7.92. The summed E-state index contributed by atoms with van der Waals surface area (Å²) in [6.45, 7) is 0.960. The summed E-state index contributed by atoms with van der Waals surface area (Å²) in [5.41, 5.74) is 0. The molecule has 1 aliphatic heterocycles. The summed E-state index contributed by atoms with van der Waals surface area (Å²) in [7, 11) is -3.09. The lowest BCUT2D eigenvalue weighted by atomic mass is 10.1. The number of piperidine rings is 1. The van der Waals surface area contributed by atoms with Gasteiger partial charge in [0, 0.05) is 19.3 Å². The third kappa shape index (κ3) is 3.34. The fourth-order valence-corrected chi connectivity index (χ4v) is 2.94. The maximum absolute atomic E-state index is 11.4. The Morgan fingerprint density at radius 3 is 2.67 bits per heavy atom. The minimum absolute atomic E-state index is 0.0320. The van der Waals surface area contributed by atoms with Crippen LogP contribution in [0.15, 0.2) is 18.3 Å². The van der Waals surface area contributed by atoms with Crippen LogP contribution < -0.4 is 4.74 Å². The molecule has 0 aliphatic carbocycles. The van der Waals surface area contributed by atoms with E-state index >= 15 is 0 Å². The Morgan fingerprint density at radius 2 is 2.11 bits per heavy atom. The zero-order valence-electron chi connectivity index (χ0n) is 10.0. The van der Waals surface area contributed by atoms with Crippen LogP contribution in [0.5, 0.6) is 5.88 Å². The molecule has 7 heteroatoms. The molecular formula is C11H15ClN2O3S. The number of hydrogen-bond acceptors (Lipinski definition) is 4. The van der Waals surface area contributed by atoms with Crippen molar-refractivity contribution in [2.45, 2.75) is 18.9 Å².